The first-order chi connectivity index (χ1) is 13.8. The first-order valence-corrected chi connectivity index (χ1v) is 10.5. The molecule has 0 saturated carbocycles. The van der Waals surface area contributed by atoms with Crippen molar-refractivity contribution >= 4 is 11.8 Å². The second-order valence-electron chi connectivity index (χ2n) is 6.70. The zero-order valence-corrected chi connectivity index (χ0v) is 16.9. The molecule has 28 heavy (non-hydrogen) atoms. The van der Waals surface area contributed by atoms with Crippen molar-refractivity contribution in [1.29, 1.82) is 5.26 Å². The number of aryl methyl sites for hydroxylation is 1. The van der Waals surface area contributed by atoms with E-state index in [0.29, 0.717) is 0 Å². The Balaban J connectivity index is 1.64. The molecule has 3 rings (SSSR count). The highest BCUT2D eigenvalue weighted by Gasteiger charge is 1.99. The highest BCUT2D eigenvalue weighted by atomic mass is 32.2. The van der Waals surface area contributed by atoms with Gasteiger partial charge in [-0.25, -0.2) is 0 Å². The molecule has 0 aromatic heterocycles. The van der Waals surface area contributed by atoms with Gasteiger partial charge < -0.3 is 0 Å². The van der Waals surface area contributed by atoms with E-state index in [1.165, 1.54) is 42.4 Å². The summed E-state index contributed by atoms with van der Waals surface area (Å²) in [7, 11) is 0. The van der Waals surface area contributed by atoms with Crippen molar-refractivity contribution in [1.82, 2.24) is 0 Å². The van der Waals surface area contributed by atoms with Gasteiger partial charge in [0.1, 0.15) is 5.40 Å². The Labute approximate surface area is 172 Å². The third-order valence-corrected chi connectivity index (χ3v) is 5.21. The Bertz CT molecular complexity index is 982. The Morgan fingerprint density at radius 2 is 1.25 bits per heavy atom. The highest BCUT2D eigenvalue weighted by molar-refractivity contribution is 8.03. The molecule has 1 nitrogen and oxygen atoms in total. The quantitative estimate of drug-likeness (QED) is 0.197. The predicted octanol–water partition coefficient (Wildman–Crippen LogP) is 7.06. The van der Waals surface area contributed by atoms with Crippen LogP contribution in [0, 0.1) is 22.5 Å². The van der Waals surface area contributed by atoms with Gasteiger partial charge in [0.25, 0.3) is 0 Å². The van der Waals surface area contributed by atoms with Crippen molar-refractivity contribution in [2.24, 2.45) is 0 Å². The summed E-state index contributed by atoms with van der Waals surface area (Å²) in [5.41, 5.74) is 5.81. The number of thiocyanates is 1. The van der Waals surface area contributed by atoms with Crippen LogP contribution in [0.25, 0.3) is 11.1 Å². The van der Waals surface area contributed by atoms with Crippen molar-refractivity contribution in [2.75, 3.05) is 0 Å². The topological polar surface area (TPSA) is 23.8 Å². The smallest absolute Gasteiger partial charge is 0.138 e. The fourth-order valence-corrected chi connectivity index (χ4v) is 3.37. The van der Waals surface area contributed by atoms with Gasteiger partial charge in [0.2, 0.25) is 0 Å². The van der Waals surface area contributed by atoms with E-state index in [1.807, 2.05) is 24.3 Å². The molecule has 3 aromatic rings. The van der Waals surface area contributed by atoms with Gasteiger partial charge >= 0.3 is 0 Å². The summed E-state index contributed by atoms with van der Waals surface area (Å²) < 4.78 is 0. The molecule has 0 bridgehead atoms. The lowest BCUT2D eigenvalue weighted by Crippen LogP contribution is -1.86. The summed E-state index contributed by atoms with van der Waals surface area (Å²) in [5.74, 6) is 6.39. The molecule has 0 amide bonds. The number of hydrogen-bond donors (Lipinski definition) is 0. The number of nitrogens with zero attached hydrogens (tertiary/aromatic N) is 1. The molecule has 138 valence electrons. The van der Waals surface area contributed by atoms with E-state index < -0.39 is 0 Å². The molecule has 0 aliphatic heterocycles. The standard InChI is InChI=1S/C26H23NS/c1-2-3-4-5-21-8-14-24(15-9-21)25-16-10-22(11-17-25)6-7-23-12-18-26(19-13-23)28-20-27/h8-19H,2-5H2,1H3. The van der Waals surface area contributed by atoms with Gasteiger partial charge in [-0.15, -0.1) is 0 Å². The summed E-state index contributed by atoms with van der Waals surface area (Å²) in [6, 6.07) is 25.0. The molecule has 0 radical (unpaired) electrons. The summed E-state index contributed by atoms with van der Waals surface area (Å²) in [6.07, 6.45) is 4.99. The molecule has 0 unspecified atom stereocenters. The molecule has 0 saturated heterocycles. The lowest BCUT2D eigenvalue weighted by atomic mass is 10.0. The van der Waals surface area contributed by atoms with Crippen LogP contribution >= 0.6 is 11.8 Å². The Morgan fingerprint density at radius 1 is 0.714 bits per heavy atom. The Morgan fingerprint density at radius 3 is 1.79 bits per heavy atom. The second-order valence-corrected chi connectivity index (χ2v) is 7.56. The van der Waals surface area contributed by atoms with Crippen molar-refractivity contribution in [2.45, 2.75) is 37.5 Å². The molecule has 0 fully saturated rings. The van der Waals surface area contributed by atoms with Crippen LogP contribution in [0.3, 0.4) is 0 Å². The number of hydrogen-bond acceptors (Lipinski definition) is 2. The zero-order chi connectivity index (χ0) is 19.6. The van der Waals surface area contributed by atoms with Gasteiger partial charge in [0.05, 0.1) is 0 Å². The average molecular weight is 382 g/mol. The molecule has 2 heteroatoms. The molecule has 0 aliphatic rings. The van der Waals surface area contributed by atoms with Crippen LogP contribution in [0.5, 0.6) is 0 Å². The third kappa shape index (κ3) is 5.78. The van der Waals surface area contributed by atoms with Crippen molar-refractivity contribution in [3.8, 4) is 28.4 Å². The van der Waals surface area contributed by atoms with Gasteiger partial charge in [0.15, 0.2) is 0 Å². The molecule has 0 N–H and O–H groups in total. The Kier molecular flexibility index (Phi) is 7.36. The molecular formula is C26H23NS. The second kappa shape index (κ2) is 10.4. The van der Waals surface area contributed by atoms with Gasteiger partial charge in [0, 0.05) is 16.0 Å². The van der Waals surface area contributed by atoms with Crippen molar-refractivity contribution < 1.29 is 0 Å². The predicted molar refractivity (Wildman–Crippen MR) is 119 cm³/mol. The Hall–Kier alpha value is -2.94. The normalized spacial score (nSPS) is 10.0. The summed E-state index contributed by atoms with van der Waals surface area (Å²) in [5, 5.41) is 10.8. The largest absolute Gasteiger partial charge is 0.185 e. The lowest BCUT2D eigenvalue weighted by Gasteiger charge is -2.05. The minimum Gasteiger partial charge on any atom is -0.185 e. The fourth-order valence-electron chi connectivity index (χ4n) is 2.99. The zero-order valence-electron chi connectivity index (χ0n) is 16.1. The van der Waals surface area contributed by atoms with Crippen LogP contribution < -0.4 is 0 Å². The maximum atomic E-state index is 8.69. The van der Waals surface area contributed by atoms with Crippen LogP contribution in [-0.2, 0) is 6.42 Å². The number of unbranched alkanes of at least 4 members (excludes halogenated alkanes) is 2. The molecule has 0 spiro atoms. The molecule has 0 atom stereocenters. The molecule has 0 heterocycles. The van der Waals surface area contributed by atoms with Gasteiger partial charge in [-0.3, -0.25) is 0 Å². The summed E-state index contributed by atoms with van der Waals surface area (Å²) in [6.45, 7) is 2.24. The van der Waals surface area contributed by atoms with Gasteiger partial charge in [-0.1, -0.05) is 68.0 Å². The van der Waals surface area contributed by atoms with Gasteiger partial charge in [-0.05, 0) is 77.7 Å². The number of benzene rings is 3. The minimum absolute atomic E-state index is 0.939. The number of nitriles is 1. The van der Waals surface area contributed by atoms with Crippen molar-refractivity contribution in [3.05, 3.63) is 89.5 Å². The monoisotopic (exact) mass is 381 g/mol. The number of rotatable bonds is 6. The molecule has 0 aliphatic carbocycles. The van der Waals surface area contributed by atoms with E-state index >= 15 is 0 Å². The van der Waals surface area contributed by atoms with E-state index in [2.05, 4.69) is 72.7 Å². The van der Waals surface area contributed by atoms with E-state index in [9.17, 15) is 0 Å². The molecular weight excluding hydrogens is 358 g/mol. The van der Waals surface area contributed by atoms with E-state index in [-0.39, 0.29) is 0 Å². The van der Waals surface area contributed by atoms with E-state index in [0.717, 1.165) is 27.8 Å². The fraction of sp³-hybridized carbons (Fsp3) is 0.192. The first-order valence-electron chi connectivity index (χ1n) is 9.66. The number of thioether (sulfide) groups is 1. The minimum atomic E-state index is 0.939. The van der Waals surface area contributed by atoms with Crippen LogP contribution in [-0.4, -0.2) is 0 Å². The lowest BCUT2D eigenvalue weighted by molar-refractivity contribution is 0.717. The van der Waals surface area contributed by atoms with Crippen LogP contribution in [0.4, 0.5) is 0 Å². The van der Waals surface area contributed by atoms with Gasteiger partial charge in [-0.2, -0.15) is 5.26 Å². The SMILES string of the molecule is CCCCCc1ccc(-c2ccc(C#Cc3ccc(SC#N)cc3)cc2)cc1. The average Bonchev–Trinajstić information content (AvgIpc) is 2.75. The van der Waals surface area contributed by atoms with E-state index in [4.69, 9.17) is 5.26 Å². The highest BCUT2D eigenvalue weighted by Crippen LogP contribution is 2.21. The van der Waals surface area contributed by atoms with Crippen molar-refractivity contribution in [3.63, 3.8) is 0 Å². The van der Waals surface area contributed by atoms with Crippen LogP contribution in [0.1, 0.15) is 42.9 Å². The van der Waals surface area contributed by atoms with E-state index in [1.54, 1.807) is 0 Å². The maximum absolute atomic E-state index is 8.69. The van der Waals surface area contributed by atoms with Crippen LogP contribution in [0.2, 0.25) is 0 Å². The maximum Gasteiger partial charge on any atom is 0.138 e. The third-order valence-electron chi connectivity index (χ3n) is 4.61. The molecule has 3 aromatic carbocycles. The first kappa shape index (κ1) is 19.8. The summed E-state index contributed by atoms with van der Waals surface area (Å²) >= 11 is 1.16. The van der Waals surface area contributed by atoms with Crippen LogP contribution in [0.15, 0.2) is 77.7 Å². The summed E-state index contributed by atoms with van der Waals surface area (Å²) in [4.78, 5) is 0.939.